The molecule has 0 fully saturated rings. The summed E-state index contributed by atoms with van der Waals surface area (Å²) in [6.07, 6.45) is 3.25. The first kappa shape index (κ1) is 18.6. The molecule has 3 aromatic heterocycles. The first-order valence-electron chi connectivity index (χ1n) is 9.07. The Morgan fingerprint density at radius 1 is 1.31 bits per heavy atom. The van der Waals surface area contributed by atoms with E-state index in [1.165, 1.54) is 6.42 Å². The second kappa shape index (κ2) is 7.99. The number of thiophene rings is 1. The van der Waals surface area contributed by atoms with Crippen molar-refractivity contribution < 1.29 is 9.32 Å². The molecule has 0 unspecified atom stereocenters. The zero-order valence-electron chi connectivity index (χ0n) is 15.7. The Bertz CT molecular complexity index is 884. The summed E-state index contributed by atoms with van der Waals surface area (Å²) in [7, 11) is 0. The zero-order valence-corrected chi connectivity index (χ0v) is 16.5. The number of hydrogen-bond acceptors (Lipinski definition) is 5. The van der Waals surface area contributed by atoms with Gasteiger partial charge in [0.1, 0.15) is 0 Å². The summed E-state index contributed by atoms with van der Waals surface area (Å²) in [4.78, 5) is 18.5. The average molecular weight is 372 g/mol. The lowest BCUT2D eigenvalue weighted by Crippen LogP contribution is -2.32. The molecule has 26 heavy (non-hydrogen) atoms. The fourth-order valence-electron chi connectivity index (χ4n) is 3.03. The van der Waals surface area contributed by atoms with Gasteiger partial charge in [-0.1, -0.05) is 37.9 Å². The van der Waals surface area contributed by atoms with E-state index in [9.17, 15) is 4.79 Å². The maximum absolute atomic E-state index is 12.9. The summed E-state index contributed by atoms with van der Waals surface area (Å²) in [5.74, 6) is 0.587. The fraction of sp³-hybridized carbons (Fsp3) is 0.450. The predicted molar refractivity (Wildman–Crippen MR) is 105 cm³/mol. The molecule has 0 radical (unpaired) electrons. The van der Waals surface area contributed by atoms with Gasteiger partial charge in [-0.15, -0.1) is 11.3 Å². The molecule has 3 aromatic rings. The van der Waals surface area contributed by atoms with Gasteiger partial charge in [-0.2, -0.15) is 0 Å². The highest BCUT2D eigenvalue weighted by Crippen LogP contribution is 2.29. The molecule has 1 atom stereocenters. The van der Waals surface area contributed by atoms with Crippen molar-refractivity contribution >= 4 is 28.3 Å². The van der Waals surface area contributed by atoms with Gasteiger partial charge in [-0.3, -0.25) is 4.79 Å². The van der Waals surface area contributed by atoms with Crippen LogP contribution in [0.5, 0.6) is 0 Å². The largest absolute Gasteiger partial charge is 0.350 e. The molecule has 0 spiro atoms. The molecule has 3 heterocycles. The number of aromatic nitrogens is 2. The lowest BCUT2D eigenvalue weighted by atomic mass is 10.0. The molecule has 0 aromatic carbocycles. The number of nitrogens with one attached hydrogen (secondary N) is 1. The van der Waals surface area contributed by atoms with Crippen molar-refractivity contribution in [1.29, 1.82) is 0 Å². The van der Waals surface area contributed by atoms with Gasteiger partial charge in [0.25, 0.3) is 11.6 Å². The number of carbonyl (C=O) groups excluding carboxylic acids is 1. The normalized spacial score (nSPS) is 12.7. The number of hydrogen-bond donors (Lipinski definition) is 1. The minimum atomic E-state index is -0.0986. The summed E-state index contributed by atoms with van der Waals surface area (Å²) < 4.78 is 5.34. The van der Waals surface area contributed by atoms with E-state index in [0.717, 1.165) is 23.4 Å². The zero-order chi connectivity index (χ0) is 18.7. The second-order valence-electron chi connectivity index (χ2n) is 7.18. The van der Waals surface area contributed by atoms with Crippen LogP contribution in [0.2, 0.25) is 0 Å². The van der Waals surface area contributed by atoms with Crippen molar-refractivity contribution in [2.45, 2.75) is 53.0 Å². The summed E-state index contributed by atoms with van der Waals surface area (Å²) >= 11 is 1.58. The minimum Gasteiger partial charge on any atom is -0.350 e. The summed E-state index contributed by atoms with van der Waals surface area (Å²) in [5.41, 5.74) is 2.41. The van der Waals surface area contributed by atoms with E-state index < -0.39 is 0 Å². The molecule has 1 N–H and O–H groups in total. The standard InChI is InChI=1S/C20H25N3O2S/c1-12(2)7-5-8-13(3)21-19(24)15-11-16(17-9-6-10-26-17)22-20-18(15)14(4)23-25-20/h6,9-13H,5,7-8H2,1-4H3,(H,21,24)/t13-/m0/s1. The van der Waals surface area contributed by atoms with Crippen LogP contribution in [-0.2, 0) is 0 Å². The lowest BCUT2D eigenvalue weighted by molar-refractivity contribution is 0.0939. The van der Waals surface area contributed by atoms with Gasteiger partial charge in [-0.05, 0) is 43.7 Å². The van der Waals surface area contributed by atoms with Crippen LogP contribution in [0, 0.1) is 12.8 Å². The molecular formula is C20H25N3O2S. The van der Waals surface area contributed by atoms with Crippen LogP contribution < -0.4 is 5.32 Å². The molecule has 0 bridgehead atoms. The Labute approximate surface area is 157 Å². The topological polar surface area (TPSA) is 68.0 Å². The summed E-state index contributed by atoms with van der Waals surface area (Å²) in [6, 6.07) is 5.91. The van der Waals surface area contributed by atoms with Crippen LogP contribution in [0.15, 0.2) is 28.1 Å². The minimum absolute atomic E-state index is 0.0986. The van der Waals surface area contributed by atoms with Crippen LogP contribution in [0.3, 0.4) is 0 Å². The number of pyridine rings is 1. The summed E-state index contributed by atoms with van der Waals surface area (Å²) in [6.45, 7) is 8.33. The van der Waals surface area contributed by atoms with Crippen molar-refractivity contribution in [3.8, 4) is 10.6 Å². The molecule has 0 aliphatic carbocycles. The molecule has 3 rings (SSSR count). The van der Waals surface area contributed by atoms with Crippen LogP contribution in [0.1, 0.15) is 56.1 Å². The number of nitrogens with zero attached hydrogens (tertiary/aromatic N) is 2. The van der Waals surface area contributed by atoms with E-state index >= 15 is 0 Å². The Morgan fingerprint density at radius 2 is 2.12 bits per heavy atom. The third-order valence-corrected chi connectivity index (χ3v) is 5.32. The van der Waals surface area contributed by atoms with E-state index in [-0.39, 0.29) is 11.9 Å². The van der Waals surface area contributed by atoms with Gasteiger partial charge in [0, 0.05) is 6.04 Å². The molecule has 0 aliphatic heterocycles. The van der Waals surface area contributed by atoms with Crippen LogP contribution in [0.25, 0.3) is 21.7 Å². The van der Waals surface area contributed by atoms with E-state index in [1.807, 2.05) is 30.5 Å². The highest BCUT2D eigenvalue weighted by atomic mass is 32.1. The molecule has 138 valence electrons. The number of amides is 1. The van der Waals surface area contributed by atoms with Gasteiger partial charge in [0.2, 0.25) is 0 Å². The second-order valence-corrected chi connectivity index (χ2v) is 8.13. The van der Waals surface area contributed by atoms with Gasteiger partial charge < -0.3 is 9.84 Å². The monoisotopic (exact) mass is 371 g/mol. The maximum atomic E-state index is 12.9. The Kier molecular flexibility index (Phi) is 5.71. The van der Waals surface area contributed by atoms with Crippen molar-refractivity contribution in [2.24, 2.45) is 5.92 Å². The van der Waals surface area contributed by atoms with E-state index in [4.69, 9.17) is 4.52 Å². The fourth-order valence-corrected chi connectivity index (χ4v) is 3.72. The van der Waals surface area contributed by atoms with Crippen molar-refractivity contribution in [2.75, 3.05) is 0 Å². The smallest absolute Gasteiger partial charge is 0.259 e. The van der Waals surface area contributed by atoms with E-state index in [2.05, 4.69) is 36.2 Å². The highest BCUT2D eigenvalue weighted by Gasteiger charge is 2.20. The number of fused-ring (bicyclic) bond motifs is 1. The van der Waals surface area contributed by atoms with Crippen molar-refractivity contribution in [1.82, 2.24) is 15.5 Å². The molecule has 6 heteroatoms. The molecule has 0 saturated heterocycles. The van der Waals surface area contributed by atoms with Gasteiger partial charge >= 0.3 is 0 Å². The Balaban J connectivity index is 1.85. The lowest BCUT2D eigenvalue weighted by Gasteiger charge is -2.15. The van der Waals surface area contributed by atoms with Gasteiger partial charge in [-0.25, -0.2) is 4.98 Å². The number of rotatable bonds is 7. The first-order chi connectivity index (χ1) is 12.5. The SMILES string of the molecule is Cc1noc2nc(-c3cccs3)cc(C(=O)N[C@@H](C)CCCC(C)C)c12. The molecule has 5 nitrogen and oxygen atoms in total. The molecule has 0 aliphatic rings. The maximum Gasteiger partial charge on any atom is 0.259 e. The quantitative estimate of drug-likeness (QED) is 0.619. The molecular weight excluding hydrogens is 346 g/mol. The third kappa shape index (κ3) is 4.12. The Hall–Kier alpha value is -2.21. The number of aryl methyl sites for hydroxylation is 1. The van der Waals surface area contributed by atoms with E-state index in [1.54, 1.807) is 11.3 Å². The summed E-state index contributed by atoms with van der Waals surface area (Å²) in [5, 5.41) is 9.80. The third-order valence-electron chi connectivity index (χ3n) is 4.43. The average Bonchev–Trinajstić information content (AvgIpc) is 3.24. The van der Waals surface area contributed by atoms with Crippen molar-refractivity contribution in [3.05, 3.63) is 34.8 Å². The highest BCUT2D eigenvalue weighted by molar-refractivity contribution is 7.13. The van der Waals surface area contributed by atoms with Crippen LogP contribution in [0.4, 0.5) is 0 Å². The number of carbonyl (C=O) groups is 1. The van der Waals surface area contributed by atoms with Crippen LogP contribution >= 0.6 is 11.3 Å². The van der Waals surface area contributed by atoms with Gasteiger partial charge in [0.05, 0.1) is 27.2 Å². The van der Waals surface area contributed by atoms with Crippen LogP contribution in [-0.4, -0.2) is 22.1 Å². The molecule has 0 saturated carbocycles. The Morgan fingerprint density at radius 3 is 2.81 bits per heavy atom. The predicted octanol–water partition coefficient (Wildman–Crippen LogP) is 5.20. The van der Waals surface area contributed by atoms with E-state index in [0.29, 0.717) is 28.3 Å². The van der Waals surface area contributed by atoms with Crippen molar-refractivity contribution in [3.63, 3.8) is 0 Å². The first-order valence-corrected chi connectivity index (χ1v) is 9.95. The molecule has 1 amide bonds. The van der Waals surface area contributed by atoms with Gasteiger partial charge in [0.15, 0.2) is 0 Å².